The molecule has 7 heteroatoms. The number of nitriles is 2. The Balaban J connectivity index is 1.80. The van der Waals surface area contributed by atoms with Gasteiger partial charge in [0.05, 0.1) is 10.5 Å². The van der Waals surface area contributed by atoms with Gasteiger partial charge in [-0.05, 0) is 37.8 Å². The minimum atomic E-state index is -2.99. The van der Waals surface area contributed by atoms with E-state index in [2.05, 4.69) is 10.3 Å². The first-order valence-electron chi connectivity index (χ1n) is 7.29. The molecule has 1 aromatic rings. The molecule has 2 heterocycles. The Bertz CT molecular complexity index is 752. The highest BCUT2D eigenvalue weighted by atomic mass is 32.2. The van der Waals surface area contributed by atoms with Crippen molar-refractivity contribution in [3.05, 3.63) is 23.5 Å². The average Bonchev–Trinajstić information content (AvgIpc) is 2.46. The Morgan fingerprint density at radius 1 is 1.23 bits per heavy atom. The Kier molecular flexibility index (Phi) is 3.54. The summed E-state index contributed by atoms with van der Waals surface area (Å²) in [5.41, 5.74) is 1.02. The van der Waals surface area contributed by atoms with Crippen molar-refractivity contribution in [2.75, 3.05) is 11.1 Å². The van der Waals surface area contributed by atoms with Gasteiger partial charge in [0.1, 0.15) is 23.5 Å². The summed E-state index contributed by atoms with van der Waals surface area (Å²) < 4.78 is 24.0. The van der Waals surface area contributed by atoms with Crippen molar-refractivity contribution in [2.24, 2.45) is 0 Å². The van der Waals surface area contributed by atoms with Gasteiger partial charge in [-0.15, -0.1) is 0 Å². The van der Waals surface area contributed by atoms with Crippen LogP contribution in [0.4, 0.5) is 5.69 Å². The van der Waals surface area contributed by atoms with Gasteiger partial charge in [0.15, 0.2) is 9.84 Å². The van der Waals surface area contributed by atoms with Gasteiger partial charge in [-0.1, -0.05) is 6.42 Å². The van der Waals surface area contributed by atoms with Crippen LogP contribution in [-0.2, 0) is 9.84 Å². The molecule has 2 fully saturated rings. The summed E-state index contributed by atoms with van der Waals surface area (Å²) in [6.45, 7) is 0. The van der Waals surface area contributed by atoms with E-state index in [1.165, 1.54) is 0 Å². The largest absolute Gasteiger partial charge is 0.382 e. The molecule has 3 rings (SSSR count). The molecule has 1 N–H and O–H groups in total. The Morgan fingerprint density at radius 2 is 1.86 bits per heavy atom. The van der Waals surface area contributed by atoms with E-state index in [1.54, 1.807) is 12.1 Å². The molecule has 2 aliphatic rings. The number of aromatic nitrogens is 1. The van der Waals surface area contributed by atoms with Gasteiger partial charge in [0.2, 0.25) is 0 Å². The summed E-state index contributed by atoms with van der Waals surface area (Å²) in [6.07, 6.45) is 3.61. The van der Waals surface area contributed by atoms with E-state index in [0.717, 1.165) is 19.3 Å². The predicted octanol–water partition coefficient (Wildman–Crippen LogP) is 1.74. The van der Waals surface area contributed by atoms with Crippen molar-refractivity contribution < 1.29 is 8.42 Å². The minimum Gasteiger partial charge on any atom is -0.382 e. The molecule has 1 unspecified atom stereocenters. The van der Waals surface area contributed by atoms with Gasteiger partial charge >= 0.3 is 0 Å². The van der Waals surface area contributed by atoms with Crippen molar-refractivity contribution >= 4 is 15.5 Å². The lowest BCUT2D eigenvalue weighted by Gasteiger charge is -2.46. The van der Waals surface area contributed by atoms with Crippen molar-refractivity contribution in [1.82, 2.24) is 4.98 Å². The van der Waals surface area contributed by atoms with Crippen LogP contribution in [0.5, 0.6) is 0 Å². The summed E-state index contributed by atoms with van der Waals surface area (Å²) in [5, 5.41) is 21.2. The topological polar surface area (TPSA) is 107 Å². The molecule has 0 aromatic carbocycles. The number of pyridine rings is 1. The third-order valence-corrected chi connectivity index (χ3v) is 7.37. The summed E-state index contributed by atoms with van der Waals surface area (Å²) in [5.74, 6) is 0.200. The number of anilines is 1. The highest BCUT2D eigenvalue weighted by molar-refractivity contribution is 7.92. The van der Waals surface area contributed by atoms with Crippen molar-refractivity contribution in [3.8, 4) is 12.1 Å². The lowest BCUT2D eigenvalue weighted by molar-refractivity contribution is 0.289. The monoisotopic (exact) mass is 316 g/mol. The fourth-order valence-electron chi connectivity index (χ4n) is 3.37. The zero-order chi connectivity index (χ0) is 15.8. The van der Waals surface area contributed by atoms with Crippen LogP contribution in [0.2, 0.25) is 0 Å². The Morgan fingerprint density at radius 3 is 2.36 bits per heavy atom. The first kappa shape index (κ1) is 14.8. The number of hydrogen-bond donors (Lipinski definition) is 1. The molecule has 114 valence electrons. The van der Waals surface area contributed by atoms with E-state index in [1.807, 2.05) is 12.1 Å². The second-order valence-corrected chi connectivity index (χ2v) is 8.54. The number of sulfone groups is 1. The van der Waals surface area contributed by atoms with Crippen molar-refractivity contribution in [3.63, 3.8) is 0 Å². The lowest BCUT2D eigenvalue weighted by atomic mass is 9.78. The van der Waals surface area contributed by atoms with Crippen LogP contribution in [0.1, 0.15) is 43.5 Å². The number of rotatable bonds is 2. The van der Waals surface area contributed by atoms with E-state index in [9.17, 15) is 8.42 Å². The SMILES string of the molecule is N#Cc1cc(NC2CCS(=O)(=O)C3(CCC3)C2)cc(C#N)n1. The van der Waals surface area contributed by atoms with Gasteiger partial charge in [-0.2, -0.15) is 10.5 Å². The maximum Gasteiger partial charge on any atom is 0.156 e. The summed E-state index contributed by atoms with van der Waals surface area (Å²) >= 11 is 0. The maximum absolute atomic E-state index is 12.3. The molecule has 1 atom stereocenters. The summed E-state index contributed by atoms with van der Waals surface area (Å²) in [4.78, 5) is 3.88. The van der Waals surface area contributed by atoms with Crippen LogP contribution in [-0.4, -0.2) is 29.9 Å². The smallest absolute Gasteiger partial charge is 0.156 e. The maximum atomic E-state index is 12.3. The Hall–Kier alpha value is -2.12. The zero-order valence-electron chi connectivity index (χ0n) is 12.0. The van der Waals surface area contributed by atoms with E-state index in [0.29, 0.717) is 18.5 Å². The van der Waals surface area contributed by atoms with E-state index in [4.69, 9.17) is 10.5 Å². The number of nitrogens with zero attached hydrogens (tertiary/aromatic N) is 3. The van der Waals surface area contributed by atoms with Crippen LogP contribution in [0.25, 0.3) is 0 Å². The standard InChI is InChI=1S/C15H16N4O2S/c16-9-13-6-12(7-14(10-17)19-13)18-11-2-5-22(20,21)15(8-11)3-1-4-15/h6-7,11H,1-5,8H2,(H,18,19). The van der Waals surface area contributed by atoms with Gasteiger partial charge < -0.3 is 5.32 Å². The second kappa shape index (κ2) is 5.26. The van der Waals surface area contributed by atoms with Gasteiger partial charge in [0.25, 0.3) is 0 Å². The highest BCUT2D eigenvalue weighted by Gasteiger charge is 2.52. The molecule has 1 aliphatic heterocycles. The third-order valence-electron chi connectivity index (χ3n) is 4.70. The summed E-state index contributed by atoms with van der Waals surface area (Å²) in [7, 11) is -2.99. The molecule has 1 saturated heterocycles. The number of hydrogen-bond acceptors (Lipinski definition) is 6. The van der Waals surface area contributed by atoms with Crippen LogP contribution in [0.3, 0.4) is 0 Å². The molecule has 0 bridgehead atoms. The van der Waals surface area contributed by atoms with Crippen molar-refractivity contribution in [1.29, 1.82) is 10.5 Å². The molecular weight excluding hydrogens is 300 g/mol. The van der Waals surface area contributed by atoms with Gasteiger partial charge in [-0.25, -0.2) is 13.4 Å². The second-order valence-electron chi connectivity index (χ2n) is 6.04. The quantitative estimate of drug-likeness (QED) is 0.890. The van der Waals surface area contributed by atoms with Gasteiger partial charge in [0, 0.05) is 11.7 Å². The summed E-state index contributed by atoms with van der Waals surface area (Å²) in [6, 6.07) is 7.10. The van der Waals surface area contributed by atoms with Crippen molar-refractivity contribution in [2.45, 2.75) is 42.9 Å². The molecule has 1 aromatic heterocycles. The van der Waals surface area contributed by atoms with E-state index >= 15 is 0 Å². The lowest BCUT2D eigenvalue weighted by Crippen LogP contribution is -2.53. The highest BCUT2D eigenvalue weighted by Crippen LogP contribution is 2.47. The predicted molar refractivity (Wildman–Crippen MR) is 80.7 cm³/mol. The first-order chi connectivity index (χ1) is 10.5. The van der Waals surface area contributed by atoms with Crippen LogP contribution in [0, 0.1) is 22.7 Å². The Labute approximate surface area is 129 Å². The van der Waals surface area contributed by atoms with Crippen LogP contribution < -0.4 is 5.32 Å². The molecule has 1 saturated carbocycles. The molecule has 22 heavy (non-hydrogen) atoms. The van der Waals surface area contributed by atoms with Gasteiger partial charge in [-0.3, -0.25) is 0 Å². The number of nitrogens with one attached hydrogen (secondary N) is 1. The fraction of sp³-hybridized carbons (Fsp3) is 0.533. The molecule has 1 spiro atoms. The van der Waals surface area contributed by atoms with Crippen LogP contribution >= 0.6 is 0 Å². The minimum absolute atomic E-state index is 0.0457. The molecule has 0 radical (unpaired) electrons. The molecule has 1 aliphatic carbocycles. The third kappa shape index (κ3) is 2.42. The van der Waals surface area contributed by atoms with Crippen LogP contribution in [0.15, 0.2) is 12.1 Å². The average molecular weight is 316 g/mol. The van der Waals surface area contributed by atoms with E-state index in [-0.39, 0.29) is 23.2 Å². The molecular formula is C15H16N4O2S. The van der Waals surface area contributed by atoms with E-state index < -0.39 is 14.6 Å². The first-order valence-corrected chi connectivity index (χ1v) is 8.94. The molecule has 0 amide bonds. The molecule has 6 nitrogen and oxygen atoms in total. The normalized spacial score (nSPS) is 24.7. The zero-order valence-corrected chi connectivity index (χ0v) is 12.9. The fourth-order valence-corrected chi connectivity index (χ4v) is 5.76.